The molecule has 0 atom stereocenters. The van der Waals surface area contributed by atoms with Crippen molar-refractivity contribution in [2.75, 3.05) is 18.4 Å². The Bertz CT molecular complexity index is 1260. The van der Waals surface area contributed by atoms with Crippen LogP contribution in [0.25, 0.3) is 11.0 Å². The predicted octanol–water partition coefficient (Wildman–Crippen LogP) is 3.53. The summed E-state index contributed by atoms with van der Waals surface area (Å²) in [5, 5.41) is 13.7. The molecule has 1 saturated heterocycles. The van der Waals surface area contributed by atoms with Crippen molar-refractivity contribution in [3.8, 4) is 0 Å². The van der Waals surface area contributed by atoms with E-state index in [-0.39, 0.29) is 0 Å². The zero-order valence-corrected chi connectivity index (χ0v) is 22.7. The minimum absolute atomic E-state index is 0.636. The Morgan fingerprint density at radius 2 is 1.76 bits per heavy atom. The van der Waals surface area contributed by atoms with Gasteiger partial charge in [0.25, 0.3) is 0 Å². The molecule has 5 heterocycles. The Hall–Kier alpha value is -2.17. The van der Waals surface area contributed by atoms with Crippen LogP contribution in [-0.2, 0) is 6.54 Å². The molecular formula is C25H27N7SSn. The van der Waals surface area contributed by atoms with E-state index < -0.39 is 21.1 Å². The average Bonchev–Trinajstić information content (AvgIpc) is 3.63. The maximum absolute atomic E-state index is 4.94. The molecule has 9 heteroatoms. The molecule has 6 rings (SSSR count). The molecule has 1 aliphatic carbocycles. The first-order valence-corrected chi connectivity index (χ1v) is 15.8. The van der Waals surface area contributed by atoms with Crippen LogP contribution in [0, 0.1) is 0 Å². The Balaban J connectivity index is 1.14. The first kappa shape index (κ1) is 22.3. The van der Waals surface area contributed by atoms with Gasteiger partial charge in [-0.25, -0.2) is 0 Å². The number of anilines is 2. The van der Waals surface area contributed by atoms with Gasteiger partial charge in [-0.3, -0.25) is 0 Å². The van der Waals surface area contributed by atoms with Gasteiger partial charge < -0.3 is 0 Å². The van der Waals surface area contributed by atoms with E-state index in [2.05, 4.69) is 60.7 Å². The van der Waals surface area contributed by atoms with E-state index in [1.807, 2.05) is 23.7 Å². The zero-order chi connectivity index (χ0) is 22.7. The summed E-state index contributed by atoms with van der Waals surface area (Å²) >= 11 is 0.757. The molecule has 1 aliphatic heterocycles. The summed E-state index contributed by atoms with van der Waals surface area (Å²) in [5.74, 6) is 0.636. The third-order valence-electron chi connectivity index (χ3n) is 6.62. The van der Waals surface area contributed by atoms with E-state index >= 15 is 0 Å². The van der Waals surface area contributed by atoms with Crippen LogP contribution < -0.4 is 12.1 Å². The quantitative estimate of drug-likeness (QED) is 0.338. The molecule has 0 spiro atoms. The van der Waals surface area contributed by atoms with Crippen LogP contribution in [-0.4, -0.2) is 64.3 Å². The van der Waals surface area contributed by atoms with E-state index in [0.717, 1.165) is 38.4 Å². The maximum atomic E-state index is 4.94. The molecule has 4 aromatic heterocycles. The van der Waals surface area contributed by atoms with Gasteiger partial charge in [-0.15, -0.1) is 0 Å². The topological polar surface area (TPSA) is 79.7 Å². The van der Waals surface area contributed by atoms with Crippen LogP contribution in [0.1, 0.15) is 55.1 Å². The normalized spacial score (nSPS) is 17.1. The number of nitrogens with zero attached hydrogens (tertiary/aromatic N) is 6. The summed E-state index contributed by atoms with van der Waals surface area (Å²) in [6.45, 7) is 3.30. The van der Waals surface area contributed by atoms with Gasteiger partial charge >= 0.3 is 189 Å². The second-order valence-corrected chi connectivity index (χ2v) is 14.7. The van der Waals surface area contributed by atoms with E-state index in [1.54, 1.807) is 0 Å². The Labute approximate surface area is 213 Å². The van der Waals surface area contributed by atoms with Crippen molar-refractivity contribution in [2.45, 2.75) is 51.0 Å². The van der Waals surface area contributed by atoms with Gasteiger partial charge in [0.1, 0.15) is 0 Å². The third kappa shape index (κ3) is 5.23. The van der Waals surface area contributed by atoms with Crippen molar-refractivity contribution in [1.82, 2.24) is 30.0 Å². The van der Waals surface area contributed by atoms with Gasteiger partial charge in [0, 0.05) is 0 Å². The van der Waals surface area contributed by atoms with E-state index in [1.165, 1.54) is 59.6 Å². The van der Waals surface area contributed by atoms with Gasteiger partial charge in [-0.1, -0.05) is 0 Å². The zero-order valence-electron chi connectivity index (χ0n) is 19.1. The minimum atomic E-state index is -1.06. The van der Waals surface area contributed by atoms with Gasteiger partial charge in [0.15, 0.2) is 0 Å². The molecule has 0 unspecified atom stereocenters. The summed E-state index contributed by atoms with van der Waals surface area (Å²) in [6, 6.07) is 10.5. The Kier molecular flexibility index (Phi) is 6.70. The van der Waals surface area contributed by atoms with Crippen LogP contribution >= 0.6 is 11.3 Å². The number of hydrogen-bond donors (Lipinski definition) is 1. The Morgan fingerprint density at radius 1 is 0.912 bits per heavy atom. The van der Waals surface area contributed by atoms with Crippen molar-refractivity contribution < 1.29 is 0 Å². The fraction of sp³-hybridized carbons (Fsp3) is 0.400. The standard InChI is InChI=1S/C18H18N5.C7H9N2S.Sn/c1-2-9-23(8-1)13-15-6-5-14(11-20-15)22-16-10-18-17(21-12-16)4-3-7-19-18;1-2-4-6(3-1)7-9-8-5-10-7;/h3-6,10-12,22H,1-2,8-9,13H2;6H,1-4H2;. The SMILES string of the molecule is c1cc(CN2CCCC2)ncc1Nc1cnc2cc[c]([Sn][c]3nnc(C4CCCC4)s3)nc2c1. The van der Waals surface area contributed by atoms with Gasteiger partial charge in [-0.05, 0) is 25.9 Å². The van der Waals surface area contributed by atoms with Crippen molar-refractivity contribution in [1.29, 1.82) is 0 Å². The molecule has 4 aromatic rings. The van der Waals surface area contributed by atoms with E-state index in [0.29, 0.717) is 5.92 Å². The molecule has 2 fully saturated rings. The molecule has 2 aliphatic rings. The first-order chi connectivity index (χ1) is 16.8. The van der Waals surface area contributed by atoms with Crippen molar-refractivity contribution in [2.24, 2.45) is 0 Å². The van der Waals surface area contributed by atoms with Crippen LogP contribution in [0.5, 0.6) is 0 Å². The summed E-state index contributed by atoms with van der Waals surface area (Å²) < 4.78 is 2.37. The molecule has 7 nitrogen and oxygen atoms in total. The van der Waals surface area contributed by atoms with Crippen molar-refractivity contribution in [3.63, 3.8) is 0 Å². The number of fused-ring (bicyclic) bond motifs is 1. The summed E-state index contributed by atoms with van der Waals surface area (Å²) in [7, 11) is 0. The van der Waals surface area contributed by atoms with Crippen LogP contribution in [0.4, 0.5) is 11.4 Å². The number of pyridine rings is 3. The van der Waals surface area contributed by atoms with Crippen LogP contribution in [0.3, 0.4) is 0 Å². The molecule has 0 bridgehead atoms. The summed E-state index contributed by atoms with van der Waals surface area (Å²) in [5.41, 5.74) is 4.84. The van der Waals surface area contributed by atoms with Gasteiger partial charge in [0.05, 0.1) is 0 Å². The second kappa shape index (κ2) is 10.2. The first-order valence-electron chi connectivity index (χ1n) is 12.1. The van der Waals surface area contributed by atoms with E-state index in [4.69, 9.17) is 4.98 Å². The van der Waals surface area contributed by atoms with Gasteiger partial charge in [-0.2, -0.15) is 0 Å². The van der Waals surface area contributed by atoms with Crippen molar-refractivity contribution >= 4 is 61.6 Å². The second-order valence-electron chi connectivity index (χ2n) is 9.16. The number of aromatic nitrogens is 5. The van der Waals surface area contributed by atoms with Crippen molar-refractivity contribution in [3.05, 3.63) is 53.4 Å². The molecule has 34 heavy (non-hydrogen) atoms. The fourth-order valence-electron chi connectivity index (χ4n) is 4.81. The number of likely N-dealkylation sites (tertiary alicyclic amines) is 1. The number of rotatable bonds is 7. The molecule has 0 aromatic carbocycles. The molecular weight excluding hydrogens is 549 g/mol. The molecule has 2 radical (unpaired) electrons. The Morgan fingerprint density at radius 3 is 2.59 bits per heavy atom. The predicted molar refractivity (Wildman–Crippen MR) is 138 cm³/mol. The number of hydrogen-bond acceptors (Lipinski definition) is 8. The number of nitrogens with one attached hydrogen (secondary N) is 1. The summed E-state index contributed by atoms with van der Waals surface area (Å²) in [4.78, 5) is 16.7. The van der Waals surface area contributed by atoms with E-state index in [9.17, 15) is 0 Å². The average molecular weight is 576 g/mol. The van der Waals surface area contributed by atoms with Crippen LogP contribution in [0.2, 0.25) is 0 Å². The molecule has 1 saturated carbocycles. The molecule has 0 amide bonds. The summed E-state index contributed by atoms with van der Waals surface area (Å²) in [6.07, 6.45) is 11.6. The van der Waals surface area contributed by atoms with Gasteiger partial charge in [0.2, 0.25) is 0 Å². The fourth-order valence-corrected chi connectivity index (χ4v) is 9.54. The third-order valence-corrected chi connectivity index (χ3v) is 11.5. The molecule has 1 N–H and O–H groups in total. The monoisotopic (exact) mass is 577 g/mol. The molecule has 172 valence electrons. The van der Waals surface area contributed by atoms with Crippen LogP contribution in [0.15, 0.2) is 42.7 Å².